The molecule has 0 heterocycles. The SMILES string of the molecule is O=C(Cc1cccc(OCCCN(Cc2cccc(C(F)(F)F)c2Cl)CC(c2ccccc2)c2ccccc2)c1)NCCOc1ccccc1. The van der Waals surface area contributed by atoms with Crippen molar-refractivity contribution in [2.24, 2.45) is 0 Å². The van der Waals surface area contributed by atoms with Gasteiger partial charge in [0.1, 0.15) is 18.1 Å². The van der Waals surface area contributed by atoms with E-state index in [4.69, 9.17) is 21.1 Å². The van der Waals surface area contributed by atoms with Crippen LogP contribution in [0.4, 0.5) is 13.2 Å². The Balaban J connectivity index is 1.21. The van der Waals surface area contributed by atoms with E-state index in [2.05, 4.69) is 34.5 Å². The summed E-state index contributed by atoms with van der Waals surface area (Å²) in [6, 6.07) is 41.1. The molecule has 5 rings (SSSR count). The number of hydrogen-bond donors (Lipinski definition) is 1. The number of alkyl halides is 3. The lowest BCUT2D eigenvalue weighted by Crippen LogP contribution is -2.31. The third kappa shape index (κ3) is 11.1. The number of benzene rings is 5. The Hall–Kier alpha value is -4.79. The minimum absolute atomic E-state index is 0.0179. The van der Waals surface area contributed by atoms with Crippen LogP contribution >= 0.6 is 11.6 Å². The lowest BCUT2D eigenvalue weighted by Gasteiger charge is -2.29. The van der Waals surface area contributed by atoms with E-state index in [1.54, 1.807) is 6.07 Å². The zero-order valence-corrected chi connectivity index (χ0v) is 28.4. The van der Waals surface area contributed by atoms with E-state index >= 15 is 0 Å². The molecule has 0 atom stereocenters. The first-order valence-corrected chi connectivity index (χ1v) is 17.0. The fourth-order valence-corrected chi connectivity index (χ4v) is 6.07. The summed E-state index contributed by atoms with van der Waals surface area (Å²) >= 11 is 6.36. The van der Waals surface area contributed by atoms with Crippen LogP contribution in [0.2, 0.25) is 5.02 Å². The summed E-state index contributed by atoms with van der Waals surface area (Å²) in [7, 11) is 0. The molecule has 0 bridgehead atoms. The molecular formula is C41H40ClF3N2O3. The van der Waals surface area contributed by atoms with Crippen LogP contribution in [0.1, 0.15) is 40.2 Å². The first kappa shape index (κ1) is 36.5. The van der Waals surface area contributed by atoms with Crippen LogP contribution in [-0.4, -0.2) is 43.7 Å². The molecule has 0 saturated carbocycles. The van der Waals surface area contributed by atoms with Crippen LogP contribution in [0.5, 0.6) is 11.5 Å². The second kappa shape index (κ2) is 18.3. The van der Waals surface area contributed by atoms with Gasteiger partial charge in [-0.1, -0.05) is 115 Å². The Bertz CT molecular complexity index is 1730. The minimum Gasteiger partial charge on any atom is -0.494 e. The number of rotatable bonds is 17. The summed E-state index contributed by atoms with van der Waals surface area (Å²) in [5.41, 5.74) is 2.62. The Labute approximate surface area is 296 Å². The maximum absolute atomic E-state index is 13.7. The van der Waals surface area contributed by atoms with Crippen LogP contribution in [-0.2, 0) is 23.9 Å². The molecule has 0 unspecified atom stereocenters. The number of ether oxygens (including phenoxy) is 2. The van der Waals surface area contributed by atoms with Gasteiger partial charge in [0, 0.05) is 25.6 Å². The average molecular weight is 701 g/mol. The third-order valence-corrected chi connectivity index (χ3v) is 8.66. The minimum atomic E-state index is -4.55. The van der Waals surface area contributed by atoms with Gasteiger partial charge in [-0.2, -0.15) is 13.2 Å². The van der Waals surface area contributed by atoms with Crippen LogP contribution in [0.25, 0.3) is 0 Å². The predicted molar refractivity (Wildman–Crippen MR) is 192 cm³/mol. The Kier molecular flexibility index (Phi) is 13.3. The lowest BCUT2D eigenvalue weighted by atomic mass is 9.90. The molecule has 0 spiro atoms. The maximum Gasteiger partial charge on any atom is 0.417 e. The van der Waals surface area contributed by atoms with Crippen LogP contribution in [0.3, 0.4) is 0 Å². The fourth-order valence-electron chi connectivity index (χ4n) is 5.78. The molecule has 0 aromatic heterocycles. The van der Waals surface area contributed by atoms with Gasteiger partial charge in [-0.15, -0.1) is 0 Å². The molecule has 0 fully saturated rings. The summed E-state index contributed by atoms with van der Waals surface area (Å²) in [5.74, 6) is 1.26. The van der Waals surface area contributed by atoms with Crippen LogP contribution in [0.15, 0.2) is 133 Å². The van der Waals surface area contributed by atoms with Crippen molar-refractivity contribution >= 4 is 17.5 Å². The van der Waals surface area contributed by atoms with Gasteiger partial charge in [0.25, 0.3) is 0 Å². The number of carbonyl (C=O) groups excluding carboxylic acids is 1. The highest BCUT2D eigenvalue weighted by Gasteiger charge is 2.34. The molecule has 260 valence electrons. The van der Waals surface area contributed by atoms with Crippen molar-refractivity contribution < 1.29 is 27.4 Å². The quantitative estimate of drug-likeness (QED) is 0.0984. The van der Waals surface area contributed by atoms with Crippen molar-refractivity contribution in [3.05, 3.63) is 166 Å². The number of hydrogen-bond acceptors (Lipinski definition) is 4. The highest BCUT2D eigenvalue weighted by Crippen LogP contribution is 2.37. The normalized spacial score (nSPS) is 11.5. The zero-order chi connectivity index (χ0) is 35.2. The van der Waals surface area contributed by atoms with E-state index in [1.165, 1.54) is 6.07 Å². The topological polar surface area (TPSA) is 50.8 Å². The Morgan fingerprint density at radius 3 is 2.00 bits per heavy atom. The molecule has 0 radical (unpaired) electrons. The van der Waals surface area contributed by atoms with Gasteiger partial charge in [-0.25, -0.2) is 0 Å². The molecule has 0 aliphatic carbocycles. The van der Waals surface area contributed by atoms with E-state index < -0.39 is 11.7 Å². The highest BCUT2D eigenvalue weighted by atomic mass is 35.5. The molecular weight excluding hydrogens is 661 g/mol. The first-order chi connectivity index (χ1) is 24.3. The molecule has 1 N–H and O–H groups in total. The molecule has 5 aromatic carbocycles. The van der Waals surface area contributed by atoms with Gasteiger partial charge < -0.3 is 14.8 Å². The van der Waals surface area contributed by atoms with E-state index in [0.717, 1.165) is 28.5 Å². The molecule has 9 heteroatoms. The van der Waals surface area contributed by atoms with E-state index in [1.807, 2.05) is 91.0 Å². The van der Waals surface area contributed by atoms with Crippen LogP contribution < -0.4 is 14.8 Å². The number of carbonyl (C=O) groups is 1. The molecule has 0 aliphatic heterocycles. The van der Waals surface area contributed by atoms with Crippen molar-refractivity contribution in [1.29, 1.82) is 0 Å². The summed E-state index contributed by atoms with van der Waals surface area (Å²) in [6.45, 7) is 2.48. The van der Waals surface area contributed by atoms with Gasteiger partial charge in [0.05, 0.1) is 30.2 Å². The molecule has 0 aliphatic rings. The van der Waals surface area contributed by atoms with Crippen molar-refractivity contribution in [2.45, 2.75) is 31.5 Å². The van der Waals surface area contributed by atoms with Gasteiger partial charge in [-0.05, 0) is 59.0 Å². The zero-order valence-electron chi connectivity index (χ0n) is 27.6. The number of nitrogens with zero attached hydrogens (tertiary/aromatic N) is 1. The smallest absolute Gasteiger partial charge is 0.417 e. The molecule has 0 saturated heterocycles. The standard InChI is InChI=1S/C41H40ClF3N2O3/c42-40-34(18-11-22-38(40)41(43,44)45)29-47(30-37(32-14-4-1-5-15-32)33-16-6-2-7-17-33)24-12-25-49-36-21-10-13-31(27-36)28-39(48)46-23-26-50-35-19-8-3-9-20-35/h1-11,13-22,27,37H,12,23-26,28-30H2,(H,46,48). The molecule has 50 heavy (non-hydrogen) atoms. The van der Waals surface area contributed by atoms with Gasteiger partial charge >= 0.3 is 6.18 Å². The summed E-state index contributed by atoms with van der Waals surface area (Å²) in [6.07, 6.45) is -3.73. The third-order valence-electron chi connectivity index (χ3n) is 8.21. The second-order valence-corrected chi connectivity index (χ2v) is 12.3. The molecule has 5 nitrogen and oxygen atoms in total. The average Bonchev–Trinajstić information content (AvgIpc) is 3.12. The predicted octanol–water partition coefficient (Wildman–Crippen LogP) is 9.20. The second-order valence-electron chi connectivity index (χ2n) is 11.9. The lowest BCUT2D eigenvalue weighted by molar-refractivity contribution is -0.137. The summed E-state index contributed by atoms with van der Waals surface area (Å²) < 4.78 is 52.9. The number of nitrogens with one attached hydrogen (secondary N) is 1. The Morgan fingerprint density at radius 2 is 1.34 bits per heavy atom. The van der Waals surface area contributed by atoms with E-state index in [0.29, 0.717) is 50.6 Å². The van der Waals surface area contributed by atoms with Crippen molar-refractivity contribution in [3.8, 4) is 11.5 Å². The summed E-state index contributed by atoms with van der Waals surface area (Å²) in [4.78, 5) is 14.7. The van der Waals surface area contributed by atoms with Crippen molar-refractivity contribution in [1.82, 2.24) is 10.2 Å². The van der Waals surface area contributed by atoms with Crippen LogP contribution in [0, 0.1) is 0 Å². The largest absolute Gasteiger partial charge is 0.494 e. The number of halogens is 4. The van der Waals surface area contributed by atoms with Gasteiger partial charge in [0.2, 0.25) is 5.91 Å². The number of amides is 1. The van der Waals surface area contributed by atoms with Gasteiger partial charge in [-0.3, -0.25) is 9.69 Å². The summed E-state index contributed by atoms with van der Waals surface area (Å²) in [5, 5.41) is 2.60. The number of para-hydroxylation sites is 1. The Morgan fingerprint density at radius 1 is 0.740 bits per heavy atom. The van der Waals surface area contributed by atoms with E-state index in [-0.39, 0.29) is 29.8 Å². The fraction of sp³-hybridized carbons (Fsp3) is 0.244. The molecule has 1 amide bonds. The maximum atomic E-state index is 13.7. The highest BCUT2D eigenvalue weighted by molar-refractivity contribution is 6.32. The first-order valence-electron chi connectivity index (χ1n) is 16.6. The molecule has 5 aromatic rings. The monoisotopic (exact) mass is 700 g/mol. The van der Waals surface area contributed by atoms with Crippen molar-refractivity contribution in [3.63, 3.8) is 0 Å². The van der Waals surface area contributed by atoms with Gasteiger partial charge in [0.15, 0.2) is 0 Å². The van der Waals surface area contributed by atoms with E-state index in [9.17, 15) is 18.0 Å². The van der Waals surface area contributed by atoms with Crippen molar-refractivity contribution in [2.75, 3.05) is 32.8 Å².